The molecule has 1 unspecified atom stereocenters. The van der Waals surface area contributed by atoms with Crippen molar-refractivity contribution in [1.82, 2.24) is 0 Å². The van der Waals surface area contributed by atoms with E-state index in [1.807, 2.05) is 0 Å². The van der Waals surface area contributed by atoms with E-state index in [1.54, 1.807) is 0 Å². The van der Waals surface area contributed by atoms with Crippen molar-refractivity contribution < 1.29 is 24.0 Å². The smallest absolute Gasteiger partial charge is 0.357 e. The predicted octanol–water partition coefficient (Wildman–Crippen LogP) is -0.242. The molecule has 0 aliphatic carbocycles. The lowest BCUT2D eigenvalue weighted by molar-refractivity contribution is -0.496. The molecule has 0 saturated carbocycles. The Morgan fingerprint density at radius 3 is 2.29 bits per heavy atom. The molecule has 0 aromatic carbocycles. The largest absolute Gasteiger partial charge is 0.466 e. The van der Waals surface area contributed by atoms with Gasteiger partial charge in [-0.2, -0.15) is 0 Å². The number of ether oxygens (including phenoxy) is 2. The van der Waals surface area contributed by atoms with Crippen LogP contribution in [0, 0.1) is 10.1 Å². The zero-order valence-corrected chi connectivity index (χ0v) is 8.10. The van der Waals surface area contributed by atoms with Crippen LogP contribution in [0.15, 0.2) is 0 Å². The Kier molecular flexibility index (Phi) is 4.00. The van der Waals surface area contributed by atoms with Gasteiger partial charge in [0.05, 0.1) is 7.11 Å². The number of nitro groups is 1. The fraction of sp³-hybridized carbons (Fsp3) is 0.714. The highest BCUT2D eigenvalue weighted by molar-refractivity contribution is 5.82. The van der Waals surface area contributed by atoms with Crippen molar-refractivity contribution in [1.29, 1.82) is 0 Å². The van der Waals surface area contributed by atoms with Crippen molar-refractivity contribution in [2.45, 2.75) is 19.4 Å². The van der Waals surface area contributed by atoms with Crippen LogP contribution in [0.3, 0.4) is 0 Å². The molecule has 0 amide bonds. The fourth-order valence-electron chi connectivity index (χ4n) is 0.918. The first-order chi connectivity index (χ1) is 6.31. The summed E-state index contributed by atoms with van der Waals surface area (Å²) in [5, 5.41) is 10.2. The molecule has 7 nitrogen and oxygen atoms in total. The lowest BCUT2D eigenvalue weighted by Gasteiger charge is -2.21. The summed E-state index contributed by atoms with van der Waals surface area (Å²) < 4.78 is 8.84. The summed E-state index contributed by atoms with van der Waals surface area (Å²) in [6.45, 7) is 1.36. The molecule has 0 aromatic heterocycles. The van der Waals surface area contributed by atoms with E-state index in [4.69, 9.17) is 0 Å². The van der Waals surface area contributed by atoms with Crippen LogP contribution in [0.1, 0.15) is 13.8 Å². The molecule has 0 heterocycles. The molecule has 14 heavy (non-hydrogen) atoms. The van der Waals surface area contributed by atoms with E-state index < -0.39 is 29.0 Å². The van der Waals surface area contributed by atoms with Crippen LogP contribution < -0.4 is 0 Å². The molecule has 1 atom stereocenters. The zero-order chi connectivity index (χ0) is 11.4. The Morgan fingerprint density at radius 1 is 1.50 bits per heavy atom. The first-order valence-electron chi connectivity index (χ1n) is 3.71. The quantitative estimate of drug-likeness (QED) is 0.357. The molecule has 0 radical (unpaired) electrons. The monoisotopic (exact) mass is 205 g/mol. The van der Waals surface area contributed by atoms with E-state index in [2.05, 4.69) is 9.47 Å². The number of nitrogens with zero attached hydrogens (tertiary/aromatic N) is 1. The predicted molar refractivity (Wildman–Crippen MR) is 44.0 cm³/mol. The normalized spacial score (nSPS) is 13.9. The maximum Gasteiger partial charge on any atom is 0.357 e. The summed E-state index contributed by atoms with van der Waals surface area (Å²) >= 11 is 0. The molecule has 0 aliphatic rings. The molecule has 0 spiro atoms. The van der Waals surface area contributed by atoms with Crippen LogP contribution in [0.5, 0.6) is 0 Å². The Balaban J connectivity index is 4.74. The number of rotatable bonds is 4. The minimum Gasteiger partial charge on any atom is -0.466 e. The fourth-order valence-corrected chi connectivity index (χ4v) is 0.918. The van der Waals surface area contributed by atoms with Crippen LogP contribution >= 0.6 is 0 Å². The van der Waals surface area contributed by atoms with Crippen LogP contribution in [-0.4, -0.2) is 36.1 Å². The van der Waals surface area contributed by atoms with Gasteiger partial charge in [-0.05, 0) is 6.92 Å². The van der Waals surface area contributed by atoms with E-state index in [-0.39, 0.29) is 0 Å². The van der Waals surface area contributed by atoms with Gasteiger partial charge in [0.25, 0.3) is 12.1 Å². The first-order valence-corrected chi connectivity index (χ1v) is 3.71. The molecular formula is C7H11NO6. The van der Waals surface area contributed by atoms with Gasteiger partial charge < -0.3 is 9.47 Å². The number of esters is 2. The Bertz CT molecular complexity index is 245. The van der Waals surface area contributed by atoms with Crippen molar-refractivity contribution in [3.8, 4) is 0 Å². The molecule has 0 rings (SSSR count). The van der Waals surface area contributed by atoms with Crippen molar-refractivity contribution in [2.24, 2.45) is 0 Å². The van der Waals surface area contributed by atoms with Gasteiger partial charge in [0.2, 0.25) is 0 Å². The number of methoxy groups -OCH3 is 1. The lowest BCUT2D eigenvalue weighted by Crippen LogP contribution is -2.46. The second kappa shape index (κ2) is 4.54. The molecule has 0 saturated heterocycles. The molecular weight excluding hydrogens is 194 g/mol. The molecule has 0 aliphatic heterocycles. The molecule has 0 fully saturated rings. The average Bonchev–Trinajstić information content (AvgIpc) is 1.99. The van der Waals surface area contributed by atoms with Crippen molar-refractivity contribution >= 4 is 11.9 Å². The van der Waals surface area contributed by atoms with Crippen LogP contribution in [0.4, 0.5) is 0 Å². The SMILES string of the molecule is COC(=O)C(C)(C[N+](=O)[O-])OC(C)=O. The lowest BCUT2D eigenvalue weighted by atomic mass is 10.1. The third-order valence-electron chi connectivity index (χ3n) is 1.42. The topological polar surface area (TPSA) is 95.7 Å². The van der Waals surface area contributed by atoms with Gasteiger partial charge in [-0.25, -0.2) is 4.79 Å². The standard InChI is InChI=1S/C7H11NO6/c1-5(9)14-7(2,4-8(11)12)6(10)13-3/h4H2,1-3H3. The Morgan fingerprint density at radius 2 is 2.00 bits per heavy atom. The van der Waals surface area contributed by atoms with Gasteiger partial charge in [-0.3, -0.25) is 14.9 Å². The van der Waals surface area contributed by atoms with Gasteiger partial charge in [-0.1, -0.05) is 0 Å². The summed E-state index contributed by atoms with van der Waals surface area (Å²) in [5.41, 5.74) is -1.86. The van der Waals surface area contributed by atoms with Crippen molar-refractivity contribution in [3.05, 3.63) is 10.1 Å². The van der Waals surface area contributed by atoms with Gasteiger partial charge in [0.1, 0.15) is 0 Å². The number of hydrogen-bond donors (Lipinski definition) is 0. The molecule has 0 aromatic rings. The maximum absolute atomic E-state index is 11.1. The van der Waals surface area contributed by atoms with Gasteiger partial charge in [-0.15, -0.1) is 0 Å². The third-order valence-corrected chi connectivity index (χ3v) is 1.42. The molecule has 80 valence electrons. The highest BCUT2D eigenvalue weighted by Gasteiger charge is 2.43. The van der Waals surface area contributed by atoms with E-state index in [9.17, 15) is 19.7 Å². The van der Waals surface area contributed by atoms with Crippen molar-refractivity contribution in [2.75, 3.05) is 13.7 Å². The Labute approximate surface area is 80.1 Å². The van der Waals surface area contributed by atoms with E-state index in [1.165, 1.54) is 0 Å². The van der Waals surface area contributed by atoms with Crippen molar-refractivity contribution in [3.63, 3.8) is 0 Å². The number of carbonyl (C=O) groups excluding carboxylic acids is 2. The first kappa shape index (κ1) is 12.3. The number of hydrogen-bond acceptors (Lipinski definition) is 6. The average molecular weight is 205 g/mol. The van der Waals surface area contributed by atoms with Crippen LogP contribution in [-0.2, 0) is 19.1 Å². The van der Waals surface area contributed by atoms with E-state index in [0.717, 1.165) is 21.0 Å². The van der Waals surface area contributed by atoms with Gasteiger partial charge >= 0.3 is 11.9 Å². The summed E-state index contributed by atoms with van der Waals surface area (Å²) in [6.07, 6.45) is 0. The van der Waals surface area contributed by atoms with Crippen LogP contribution in [0.25, 0.3) is 0 Å². The maximum atomic E-state index is 11.1. The second-order valence-corrected chi connectivity index (χ2v) is 2.81. The third kappa shape index (κ3) is 3.38. The van der Waals surface area contributed by atoms with Gasteiger partial charge in [0.15, 0.2) is 0 Å². The molecule has 0 bridgehead atoms. The molecule has 0 N–H and O–H groups in total. The summed E-state index contributed by atoms with van der Waals surface area (Å²) in [6, 6.07) is 0. The highest BCUT2D eigenvalue weighted by atomic mass is 16.6. The molecule has 7 heteroatoms. The van der Waals surface area contributed by atoms with E-state index in [0.29, 0.717) is 0 Å². The minimum atomic E-state index is -1.86. The summed E-state index contributed by atoms with van der Waals surface area (Å²) in [5.74, 6) is -1.73. The van der Waals surface area contributed by atoms with Crippen LogP contribution in [0.2, 0.25) is 0 Å². The highest BCUT2D eigenvalue weighted by Crippen LogP contribution is 2.13. The van der Waals surface area contributed by atoms with E-state index >= 15 is 0 Å². The summed E-state index contributed by atoms with van der Waals surface area (Å²) in [7, 11) is 1.06. The zero-order valence-electron chi connectivity index (χ0n) is 8.10. The Hall–Kier alpha value is -1.66. The number of carbonyl (C=O) groups is 2. The second-order valence-electron chi connectivity index (χ2n) is 2.81. The summed E-state index contributed by atoms with van der Waals surface area (Å²) in [4.78, 5) is 31.2. The minimum absolute atomic E-state index is 0.750. The van der Waals surface area contributed by atoms with Gasteiger partial charge in [0, 0.05) is 11.8 Å².